The molecule has 1 aliphatic heterocycles. The van der Waals surface area contributed by atoms with Crippen molar-refractivity contribution in [3.8, 4) is 0 Å². The van der Waals surface area contributed by atoms with Gasteiger partial charge < -0.3 is 15.1 Å². The first kappa shape index (κ1) is 14.6. The number of likely N-dealkylation sites (N-methyl/N-ethyl adjacent to an activating group) is 1. The van der Waals surface area contributed by atoms with Gasteiger partial charge in [-0.2, -0.15) is 0 Å². The summed E-state index contributed by atoms with van der Waals surface area (Å²) in [4.78, 5) is 16.2. The van der Waals surface area contributed by atoms with Gasteiger partial charge in [0.05, 0.1) is 15.2 Å². The van der Waals surface area contributed by atoms with Crippen LogP contribution >= 0.6 is 27.5 Å². The smallest absolute Gasteiger partial charge is 0.321 e. The number of likely N-dealkylation sites (tertiary alicyclic amines) is 1. The van der Waals surface area contributed by atoms with Crippen LogP contribution in [0.4, 0.5) is 10.5 Å². The maximum Gasteiger partial charge on any atom is 0.321 e. The van der Waals surface area contributed by atoms with Gasteiger partial charge in [0, 0.05) is 19.1 Å². The van der Waals surface area contributed by atoms with Crippen LogP contribution < -0.4 is 5.32 Å². The van der Waals surface area contributed by atoms with E-state index in [1.165, 1.54) is 0 Å². The number of nitrogens with zero attached hydrogens (tertiary/aromatic N) is 2. The van der Waals surface area contributed by atoms with Crippen molar-refractivity contribution in [2.24, 2.45) is 0 Å². The predicted octanol–water partition coefficient (Wildman–Crippen LogP) is 3.27. The molecule has 0 radical (unpaired) electrons. The minimum absolute atomic E-state index is 0.0766. The molecule has 1 aliphatic rings. The zero-order valence-corrected chi connectivity index (χ0v) is 13.3. The Balaban J connectivity index is 2.00. The van der Waals surface area contributed by atoms with E-state index < -0.39 is 0 Å². The lowest BCUT2D eigenvalue weighted by molar-refractivity contribution is 0.216. The normalized spacial score (nSPS) is 19.0. The van der Waals surface area contributed by atoms with Crippen molar-refractivity contribution in [1.29, 1.82) is 0 Å². The van der Waals surface area contributed by atoms with Crippen LogP contribution in [0.25, 0.3) is 0 Å². The maximum absolute atomic E-state index is 12.2. The van der Waals surface area contributed by atoms with Gasteiger partial charge in [-0.3, -0.25) is 0 Å². The second-order valence-electron chi connectivity index (χ2n) is 4.88. The molecule has 2 amide bonds. The summed E-state index contributed by atoms with van der Waals surface area (Å²) in [5, 5.41) is 3.48. The molecular weight excluding hydrogens is 330 g/mol. The molecule has 1 fully saturated rings. The summed E-state index contributed by atoms with van der Waals surface area (Å²) in [5.41, 5.74) is 0.700. The summed E-state index contributed by atoms with van der Waals surface area (Å²) >= 11 is 9.38. The molecule has 2 rings (SSSR count). The van der Waals surface area contributed by atoms with Crippen molar-refractivity contribution in [1.82, 2.24) is 9.80 Å². The van der Waals surface area contributed by atoms with Crippen LogP contribution in [-0.2, 0) is 0 Å². The highest BCUT2D eigenvalue weighted by Gasteiger charge is 2.27. The van der Waals surface area contributed by atoms with E-state index in [1.54, 1.807) is 6.07 Å². The molecule has 0 spiro atoms. The van der Waals surface area contributed by atoms with Gasteiger partial charge in [-0.1, -0.05) is 17.7 Å². The molecule has 0 aromatic heterocycles. The fraction of sp³-hybridized carbons (Fsp3) is 0.462. The van der Waals surface area contributed by atoms with Crippen molar-refractivity contribution in [2.45, 2.75) is 12.5 Å². The van der Waals surface area contributed by atoms with Crippen LogP contribution in [0.15, 0.2) is 22.7 Å². The molecule has 0 saturated carbocycles. The van der Waals surface area contributed by atoms with Crippen LogP contribution in [0.1, 0.15) is 6.42 Å². The third-order valence-electron chi connectivity index (χ3n) is 3.37. The predicted molar refractivity (Wildman–Crippen MR) is 81.8 cm³/mol. The third-order valence-corrected chi connectivity index (χ3v) is 4.77. The van der Waals surface area contributed by atoms with E-state index in [-0.39, 0.29) is 6.03 Å². The highest BCUT2D eigenvalue weighted by atomic mass is 79.9. The van der Waals surface area contributed by atoms with E-state index in [4.69, 9.17) is 11.6 Å². The average molecular weight is 347 g/mol. The Hall–Kier alpha value is -0.780. The highest BCUT2D eigenvalue weighted by Crippen LogP contribution is 2.30. The van der Waals surface area contributed by atoms with E-state index in [0.29, 0.717) is 21.2 Å². The molecule has 4 nitrogen and oxygen atoms in total. The first-order chi connectivity index (χ1) is 8.99. The number of amides is 2. The first-order valence-electron chi connectivity index (χ1n) is 6.15. The Morgan fingerprint density at radius 2 is 2.26 bits per heavy atom. The van der Waals surface area contributed by atoms with Crippen molar-refractivity contribution in [3.63, 3.8) is 0 Å². The third kappa shape index (κ3) is 3.41. The fourth-order valence-corrected chi connectivity index (χ4v) is 2.68. The first-order valence-corrected chi connectivity index (χ1v) is 7.32. The minimum Gasteiger partial charge on any atom is -0.323 e. The molecule has 1 aromatic rings. The van der Waals surface area contributed by atoms with Gasteiger partial charge in [0.2, 0.25) is 0 Å². The SMILES string of the molecule is CN(C)[C@@H]1CCN(C(=O)Nc2cccc(Cl)c2Br)C1. The van der Waals surface area contributed by atoms with E-state index >= 15 is 0 Å². The Bertz CT molecular complexity index is 481. The van der Waals surface area contributed by atoms with E-state index in [1.807, 2.05) is 31.1 Å². The maximum atomic E-state index is 12.2. The summed E-state index contributed by atoms with van der Waals surface area (Å²) in [6.07, 6.45) is 1.01. The second-order valence-corrected chi connectivity index (χ2v) is 6.08. The van der Waals surface area contributed by atoms with Crippen molar-refractivity contribution in [3.05, 3.63) is 27.7 Å². The Kier molecular flexibility index (Phi) is 4.71. The summed E-state index contributed by atoms with van der Waals surface area (Å²) in [6, 6.07) is 5.78. The Morgan fingerprint density at radius 1 is 1.53 bits per heavy atom. The molecule has 1 heterocycles. The highest BCUT2D eigenvalue weighted by molar-refractivity contribution is 9.10. The monoisotopic (exact) mass is 345 g/mol. The Labute approximate surface area is 126 Å². The number of halogens is 2. The van der Waals surface area contributed by atoms with E-state index in [2.05, 4.69) is 26.1 Å². The fourth-order valence-electron chi connectivity index (χ4n) is 2.14. The molecule has 0 unspecified atom stereocenters. The molecule has 1 atom stereocenters. The number of urea groups is 1. The molecule has 1 saturated heterocycles. The molecule has 6 heteroatoms. The number of carbonyl (C=O) groups is 1. The lowest BCUT2D eigenvalue weighted by Gasteiger charge is -2.21. The number of rotatable bonds is 2. The van der Waals surface area contributed by atoms with Crippen LogP contribution in [0.2, 0.25) is 5.02 Å². The number of hydrogen-bond donors (Lipinski definition) is 1. The molecular formula is C13H17BrClN3O. The number of carbonyl (C=O) groups excluding carboxylic acids is 1. The molecule has 1 N–H and O–H groups in total. The largest absolute Gasteiger partial charge is 0.323 e. The lowest BCUT2D eigenvalue weighted by Crippen LogP contribution is -2.36. The topological polar surface area (TPSA) is 35.6 Å². The van der Waals surface area contributed by atoms with Crippen LogP contribution in [0.5, 0.6) is 0 Å². The van der Waals surface area contributed by atoms with Gasteiger partial charge in [0.25, 0.3) is 0 Å². The Morgan fingerprint density at radius 3 is 2.89 bits per heavy atom. The van der Waals surface area contributed by atoms with Gasteiger partial charge >= 0.3 is 6.03 Å². The summed E-state index contributed by atoms with van der Waals surface area (Å²) in [6.45, 7) is 1.55. The van der Waals surface area contributed by atoms with Crippen molar-refractivity contribution in [2.75, 3.05) is 32.5 Å². The zero-order chi connectivity index (χ0) is 14.0. The van der Waals surface area contributed by atoms with Crippen LogP contribution in [0, 0.1) is 0 Å². The minimum atomic E-state index is -0.0766. The number of hydrogen-bond acceptors (Lipinski definition) is 2. The lowest BCUT2D eigenvalue weighted by atomic mass is 10.2. The molecule has 19 heavy (non-hydrogen) atoms. The van der Waals surface area contributed by atoms with Gasteiger partial charge in [0.15, 0.2) is 0 Å². The molecule has 0 aliphatic carbocycles. The number of anilines is 1. The van der Waals surface area contributed by atoms with Crippen molar-refractivity contribution < 1.29 is 4.79 Å². The molecule has 0 bridgehead atoms. The average Bonchev–Trinajstić information content (AvgIpc) is 2.84. The summed E-state index contributed by atoms with van der Waals surface area (Å²) in [7, 11) is 4.08. The zero-order valence-electron chi connectivity index (χ0n) is 11.0. The van der Waals surface area contributed by atoms with Crippen molar-refractivity contribution >= 4 is 39.2 Å². The van der Waals surface area contributed by atoms with E-state index in [0.717, 1.165) is 19.5 Å². The van der Waals surface area contributed by atoms with Gasteiger partial charge in [-0.25, -0.2) is 4.79 Å². The number of benzene rings is 1. The quantitative estimate of drug-likeness (QED) is 0.892. The number of nitrogens with one attached hydrogen (secondary N) is 1. The van der Waals surface area contributed by atoms with E-state index in [9.17, 15) is 4.79 Å². The molecule has 1 aromatic carbocycles. The van der Waals surface area contributed by atoms with Gasteiger partial charge in [0.1, 0.15) is 0 Å². The summed E-state index contributed by atoms with van der Waals surface area (Å²) in [5.74, 6) is 0. The molecule has 104 valence electrons. The van der Waals surface area contributed by atoms with Gasteiger partial charge in [-0.15, -0.1) is 0 Å². The summed E-state index contributed by atoms with van der Waals surface area (Å²) < 4.78 is 0.716. The van der Waals surface area contributed by atoms with Crippen LogP contribution in [0.3, 0.4) is 0 Å². The van der Waals surface area contributed by atoms with Gasteiger partial charge in [-0.05, 0) is 48.6 Å². The second kappa shape index (κ2) is 6.11. The standard InChI is InChI=1S/C13H17BrClN3O/c1-17(2)9-6-7-18(8-9)13(19)16-11-5-3-4-10(15)12(11)14/h3-5,9H,6-8H2,1-2H3,(H,16,19)/t9-/m1/s1. The van der Waals surface area contributed by atoms with Crippen LogP contribution in [-0.4, -0.2) is 49.1 Å².